The molecule has 0 unspecified atom stereocenters. The van der Waals surface area contributed by atoms with Crippen LogP contribution in [0, 0.1) is 0 Å². The molecule has 2 aromatic rings. The third-order valence-corrected chi connectivity index (χ3v) is 3.83. The first-order valence-corrected chi connectivity index (χ1v) is 6.99. The Morgan fingerprint density at radius 3 is 2.63 bits per heavy atom. The summed E-state index contributed by atoms with van der Waals surface area (Å²) in [7, 11) is 0. The number of ether oxygens (including phenoxy) is 1. The lowest BCUT2D eigenvalue weighted by Gasteiger charge is -2.06. The van der Waals surface area contributed by atoms with Crippen molar-refractivity contribution in [3.63, 3.8) is 0 Å². The highest BCUT2D eigenvalue weighted by molar-refractivity contribution is 7.19. The number of nitrogens with two attached hydrogens (primary N) is 1. The summed E-state index contributed by atoms with van der Waals surface area (Å²) in [6.45, 7) is 1.97. The van der Waals surface area contributed by atoms with Crippen LogP contribution in [0.5, 0.6) is 0 Å². The lowest BCUT2D eigenvalue weighted by molar-refractivity contribution is 0.0521. The summed E-state index contributed by atoms with van der Waals surface area (Å²) in [5.74, 6) is -0.540. The first-order valence-electron chi connectivity index (χ1n) is 5.42. The first kappa shape index (κ1) is 14.1. The maximum absolute atomic E-state index is 11.9. The Balaban J connectivity index is 2.60. The number of esters is 1. The smallest absolute Gasteiger partial charge is 0.358 e. The summed E-state index contributed by atoms with van der Waals surface area (Å²) < 4.78 is 4.95. The van der Waals surface area contributed by atoms with Crippen molar-refractivity contribution in [1.29, 1.82) is 0 Å². The van der Waals surface area contributed by atoms with Crippen molar-refractivity contribution in [3.8, 4) is 10.4 Å². The number of anilines is 1. The van der Waals surface area contributed by atoms with E-state index in [4.69, 9.17) is 33.7 Å². The number of nitrogen functional groups attached to an aromatic ring is 1. The molecule has 19 heavy (non-hydrogen) atoms. The van der Waals surface area contributed by atoms with Crippen LogP contribution in [0.4, 0.5) is 5.13 Å². The van der Waals surface area contributed by atoms with Crippen LogP contribution in [0.15, 0.2) is 18.2 Å². The van der Waals surface area contributed by atoms with Gasteiger partial charge in [0, 0.05) is 5.56 Å². The number of nitrogens with zero attached hydrogens (tertiary/aromatic N) is 1. The summed E-state index contributed by atoms with van der Waals surface area (Å²) in [5, 5.41) is 1.12. The van der Waals surface area contributed by atoms with Gasteiger partial charge in [0.05, 0.1) is 21.5 Å². The normalized spacial score (nSPS) is 10.5. The van der Waals surface area contributed by atoms with Gasteiger partial charge in [-0.15, -0.1) is 0 Å². The quantitative estimate of drug-likeness (QED) is 0.873. The van der Waals surface area contributed by atoms with E-state index < -0.39 is 5.97 Å². The summed E-state index contributed by atoms with van der Waals surface area (Å²) in [5.41, 5.74) is 6.35. The summed E-state index contributed by atoms with van der Waals surface area (Å²) in [4.78, 5) is 16.4. The molecule has 1 heterocycles. The molecule has 2 rings (SSSR count). The highest BCUT2D eigenvalue weighted by Crippen LogP contribution is 2.40. The van der Waals surface area contributed by atoms with Crippen molar-refractivity contribution in [2.75, 3.05) is 12.3 Å². The fourth-order valence-corrected chi connectivity index (χ4v) is 3.15. The molecule has 0 atom stereocenters. The molecule has 0 aliphatic heterocycles. The Labute approximate surface area is 124 Å². The van der Waals surface area contributed by atoms with Gasteiger partial charge in [0.15, 0.2) is 10.8 Å². The largest absolute Gasteiger partial charge is 0.461 e. The average molecular weight is 317 g/mol. The maximum Gasteiger partial charge on any atom is 0.358 e. The van der Waals surface area contributed by atoms with Crippen LogP contribution in [0.2, 0.25) is 10.0 Å². The molecule has 0 amide bonds. The number of halogens is 2. The number of hydrogen-bond donors (Lipinski definition) is 1. The van der Waals surface area contributed by atoms with E-state index in [1.807, 2.05) is 0 Å². The van der Waals surface area contributed by atoms with E-state index in [2.05, 4.69) is 4.98 Å². The Morgan fingerprint density at radius 1 is 1.42 bits per heavy atom. The summed E-state index contributed by atoms with van der Waals surface area (Å²) >= 11 is 13.4. The van der Waals surface area contributed by atoms with Crippen LogP contribution in [-0.4, -0.2) is 17.6 Å². The van der Waals surface area contributed by atoms with Crippen LogP contribution < -0.4 is 5.73 Å². The van der Waals surface area contributed by atoms with Crippen molar-refractivity contribution in [2.45, 2.75) is 6.92 Å². The SMILES string of the molecule is CCOC(=O)c1nc(N)sc1-c1c(Cl)cccc1Cl. The van der Waals surface area contributed by atoms with Crippen LogP contribution >= 0.6 is 34.5 Å². The van der Waals surface area contributed by atoms with Gasteiger partial charge in [-0.1, -0.05) is 40.6 Å². The molecule has 0 fully saturated rings. The molecular formula is C12H10Cl2N2O2S. The van der Waals surface area contributed by atoms with Gasteiger partial charge < -0.3 is 10.5 Å². The van der Waals surface area contributed by atoms with Crippen LogP contribution in [0.25, 0.3) is 10.4 Å². The van der Waals surface area contributed by atoms with Crippen molar-refractivity contribution in [1.82, 2.24) is 4.98 Å². The Morgan fingerprint density at radius 2 is 2.05 bits per heavy atom. The topological polar surface area (TPSA) is 65.2 Å². The number of rotatable bonds is 3. The standard InChI is InChI=1S/C12H10Cl2N2O2S/c1-2-18-11(17)9-10(19-12(15)16-9)8-6(13)4-3-5-7(8)14/h3-5H,2H2,1H3,(H2,15,16). The van der Waals surface area contributed by atoms with E-state index >= 15 is 0 Å². The fourth-order valence-electron chi connectivity index (χ4n) is 1.56. The Bertz CT molecular complexity index is 608. The number of hydrogen-bond acceptors (Lipinski definition) is 5. The lowest BCUT2D eigenvalue weighted by Crippen LogP contribution is -2.06. The number of aromatic nitrogens is 1. The predicted molar refractivity (Wildman–Crippen MR) is 77.9 cm³/mol. The van der Waals surface area contributed by atoms with Crippen LogP contribution in [0.3, 0.4) is 0 Å². The lowest BCUT2D eigenvalue weighted by atomic mass is 10.1. The minimum atomic E-state index is -0.540. The monoisotopic (exact) mass is 316 g/mol. The molecule has 1 aromatic carbocycles. The van der Waals surface area contributed by atoms with Gasteiger partial charge in [-0.2, -0.15) is 0 Å². The van der Waals surface area contributed by atoms with Gasteiger partial charge in [-0.3, -0.25) is 0 Å². The molecule has 0 saturated carbocycles. The van der Waals surface area contributed by atoms with Gasteiger partial charge in [0.2, 0.25) is 0 Å². The third kappa shape index (κ3) is 2.83. The number of carbonyl (C=O) groups is 1. The molecule has 0 saturated heterocycles. The van der Waals surface area contributed by atoms with Crippen LogP contribution in [0.1, 0.15) is 17.4 Å². The molecule has 0 radical (unpaired) electrons. The van der Waals surface area contributed by atoms with Crippen molar-refractivity contribution < 1.29 is 9.53 Å². The Kier molecular flexibility index (Phi) is 4.29. The zero-order valence-electron chi connectivity index (χ0n) is 9.94. The number of thiazole rings is 1. The van der Waals surface area contributed by atoms with E-state index in [0.29, 0.717) is 20.5 Å². The molecule has 4 nitrogen and oxygen atoms in total. The van der Waals surface area contributed by atoms with E-state index in [1.54, 1.807) is 25.1 Å². The highest BCUT2D eigenvalue weighted by Gasteiger charge is 2.23. The summed E-state index contributed by atoms with van der Waals surface area (Å²) in [6, 6.07) is 5.10. The highest BCUT2D eigenvalue weighted by atomic mass is 35.5. The van der Waals surface area contributed by atoms with Gasteiger partial charge >= 0.3 is 5.97 Å². The molecular weight excluding hydrogens is 307 g/mol. The minimum absolute atomic E-state index is 0.138. The molecule has 100 valence electrons. The van der Waals surface area contributed by atoms with E-state index in [1.165, 1.54) is 0 Å². The molecule has 2 N–H and O–H groups in total. The minimum Gasteiger partial charge on any atom is -0.461 e. The zero-order valence-corrected chi connectivity index (χ0v) is 12.3. The second kappa shape index (κ2) is 5.77. The van der Waals surface area contributed by atoms with Gasteiger partial charge in [-0.25, -0.2) is 9.78 Å². The fraction of sp³-hybridized carbons (Fsp3) is 0.167. The van der Waals surface area contributed by atoms with Gasteiger partial charge in [0.25, 0.3) is 0 Å². The predicted octanol–water partition coefficient (Wildman–Crippen LogP) is 3.88. The molecule has 7 heteroatoms. The van der Waals surface area contributed by atoms with E-state index in [-0.39, 0.29) is 17.4 Å². The Hall–Kier alpha value is -1.30. The molecule has 0 aliphatic rings. The van der Waals surface area contributed by atoms with E-state index in [0.717, 1.165) is 11.3 Å². The first-order chi connectivity index (χ1) is 9.04. The van der Waals surface area contributed by atoms with Crippen LogP contribution in [-0.2, 0) is 4.74 Å². The van der Waals surface area contributed by atoms with Crippen molar-refractivity contribution >= 4 is 45.6 Å². The van der Waals surface area contributed by atoms with Gasteiger partial charge in [-0.05, 0) is 19.1 Å². The molecule has 0 bridgehead atoms. The second-order valence-corrected chi connectivity index (χ2v) is 5.39. The number of carbonyl (C=O) groups excluding carboxylic acids is 1. The maximum atomic E-state index is 11.9. The van der Waals surface area contributed by atoms with Crippen molar-refractivity contribution in [2.24, 2.45) is 0 Å². The zero-order chi connectivity index (χ0) is 14.0. The second-order valence-electron chi connectivity index (χ2n) is 3.55. The molecule has 0 aliphatic carbocycles. The molecule has 0 spiro atoms. The van der Waals surface area contributed by atoms with Crippen molar-refractivity contribution in [3.05, 3.63) is 33.9 Å². The summed E-state index contributed by atoms with van der Waals surface area (Å²) in [6.07, 6.45) is 0. The average Bonchev–Trinajstić information content (AvgIpc) is 2.71. The number of benzene rings is 1. The molecule has 1 aromatic heterocycles. The van der Waals surface area contributed by atoms with Gasteiger partial charge in [0.1, 0.15) is 0 Å². The third-order valence-electron chi connectivity index (χ3n) is 2.30. The van der Waals surface area contributed by atoms with E-state index in [9.17, 15) is 4.79 Å².